The Hall–Kier alpha value is -4.13. The number of fused-ring (bicyclic) bond motifs is 2. The van der Waals surface area contributed by atoms with Gasteiger partial charge in [0.2, 0.25) is 6.79 Å². The lowest BCUT2D eigenvalue weighted by atomic mass is 9.97. The summed E-state index contributed by atoms with van der Waals surface area (Å²) in [6.45, 7) is 0.132. The summed E-state index contributed by atoms with van der Waals surface area (Å²) in [5.41, 5.74) is 4.00. The van der Waals surface area contributed by atoms with Crippen molar-refractivity contribution in [2.75, 3.05) is 12.1 Å². The topological polar surface area (TPSA) is 93.3 Å². The molecule has 2 aromatic heterocycles. The third-order valence-corrected chi connectivity index (χ3v) is 4.85. The first-order valence-corrected chi connectivity index (χ1v) is 8.94. The highest BCUT2D eigenvalue weighted by Gasteiger charge is 2.19. The molecule has 2 aromatic carbocycles. The van der Waals surface area contributed by atoms with Crippen LogP contribution in [0.4, 0.5) is 5.69 Å². The van der Waals surface area contributed by atoms with Gasteiger partial charge in [-0.2, -0.15) is 0 Å². The number of aromatic nitrogens is 2. The zero-order chi connectivity index (χ0) is 19.8. The van der Waals surface area contributed by atoms with Gasteiger partial charge in [0.25, 0.3) is 5.91 Å². The summed E-state index contributed by atoms with van der Waals surface area (Å²) >= 11 is 0. The fourth-order valence-corrected chi connectivity index (χ4v) is 3.41. The standard InChI is InChI=1S/C22H15N3O4/c26-11-14-8-20-21(29-12-28-20)9-16(14)13-1-2-19-17(7-13)18(10-24-19)22(27)25-15-3-5-23-6-4-15/h1-11,24H,12H2,(H,23,25,27). The molecule has 0 unspecified atom stereocenters. The summed E-state index contributed by atoms with van der Waals surface area (Å²) in [6, 6.07) is 12.6. The number of anilines is 1. The Morgan fingerprint density at radius 1 is 1.07 bits per heavy atom. The molecule has 2 N–H and O–H groups in total. The lowest BCUT2D eigenvalue weighted by Crippen LogP contribution is -2.11. The second-order valence-corrected chi connectivity index (χ2v) is 6.56. The van der Waals surface area contributed by atoms with E-state index < -0.39 is 0 Å². The molecule has 29 heavy (non-hydrogen) atoms. The molecule has 0 saturated heterocycles. The van der Waals surface area contributed by atoms with Gasteiger partial charge in [-0.05, 0) is 47.5 Å². The summed E-state index contributed by atoms with van der Waals surface area (Å²) in [7, 11) is 0. The van der Waals surface area contributed by atoms with Gasteiger partial charge in [-0.25, -0.2) is 0 Å². The Bertz CT molecular complexity index is 1250. The number of hydrogen-bond donors (Lipinski definition) is 2. The molecule has 5 rings (SSSR count). The number of carbonyl (C=O) groups is 2. The SMILES string of the molecule is O=Cc1cc2c(cc1-c1ccc3[nH]cc(C(=O)Nc4ccncc4)c3c1)OCO2. The molecule has 0 atom stereocenters. The number of H-pyrrole nitrogens is 1. The van der Waals surface area contributed by atoms with E-state index in [-0.39, 0.29) is 12.7 Å². The van der Waals surface area contributed by atoms with Gasteiger partial charge in [0.15, 0.2) is 17.8 Å². The van der Waals surface area contributed by atoms with Gasteiger partial charge in [-0.15, -0.1) is 0 Å². The number of nitrogens with one attached hydrogen (secondary N) is 2. The molecule has 142 valence electrons. The van der Waals surface area contributed by atoms with Crippen molar-refractivity contribution in [3.8, 4) is 22.6 Å². The molecule has 1 aliphatic heterocycles. The summed E-state index contributed by atoms with van der Waals surface area (Å²) in [4.78, 5) is 31.5. The van der Waals surface area contributed by atoms with E-state index in [0.717, 1.165) is 22.8 Å². The first-order valence-electron chi connectivity index (χ1n) is 8.94. The van der Waals surface area contributed by atoms with Crippen LogP contribution in [0.5, 0.6) is 11.5 Å². The largest absolute Gasteiger partial charge is 0.454 e. The smallest absolute Gasteiger partial charge is 0.257 e. The van der Waals surface area contributed by atoms with Crippen molar-refractivity contribution < 1.29 is 19.1 Å². The molecule has 7 heteroatoms. The van der Waals surface area contributed by atoms with Crippen LogP contribution in [0.1, 0.15) is 20.7 Å². The third kappa shape index (κ3) is 2.98. The highest BCUT2D eigenvalue weighted by atomic mass is 16.7. The van der Waals surface area contributed by atoms with E-state index in [0.29, 0.717) is 33.9 Å². The normalized spacial score (nSPS) is 12.1. The molecular weight excluding hydrogens is 370 g/mol. The number of hydrogen-bond acceptors (Lipinski definition) is 5. The number of benzene rings is 2. The second-order valence-electron chi connectivity index (χ2n) is 6.56. The Balaban J connectivity index is 1.57. The molecule has 7 nitrogen and oxygen atoms in total. The number of aromatic amines is 1. The van der Waals surface area contributed by atoms with Crippen LogP contribution in [-0.2, 0) is 0 Å². The van der Waals surface area contributed by atoms with Crippen molar-refractivity contribution in [2.45, 2.75) is 0 Å². The minimum atomic E-state index is -0.235. The Kier molecular flexibility index (Phi) is 3.98. The molecule has 3 heterocycles. The summed E-state index contributed by atoms with van der Waals surface area (Å²) in [5, 5.41) is 3.61. The average Bonchev–Trinajstić information content (AvgIpc) is 3.39. The molecular formula is C22H15N3O4. The van der Waals surface area contributed by atoms with E-state index in [1.165, 1.54) is 0 Å². The Morgan fingerprint density at radius 2 is 1.86 bits per heavy atom. The van der Waals surface area contributed by atoms with Gasteiger partial charge >= 0.3 is 0 Å². The summed E-state index contributed by atoms with van der Waals surface area (Å²) in [6.07, 6.45) is 5.69. The van der Waals surface area contributed by atoms with Gasteiger partial charge in [-0.3, -0.25) is 14.6 Å². The van der Waals surface area contributed by atoms with E-state index in [1.807, 2.05) is 18.2 Å². The van der Waals surface area contributed by atoms with Crippen LogP contribution in [0.25, 0.3) is 22.0 Å². The van der Waals surface area contributed by atoms with Crippen LogP contribution in [0.3, 0.4) is 0 Å². The van der Waals surface area contributed by atoms with E-state index in [4.69, 9.17) is 9.47 Å². The predicted molar refractivity (Wildman–Crippen MR) is 107 cm³/mol. The monoisotopic (exact) mass is 385 g/mol. The number of amides is 1. The van der Waals surface area contributed by atoms with E-state index in [2.05, 4.69) is 15.3 Å². The molecule has 0 aliphatic carbocycles. The van der Waals surface area contributed by atoms with Crippen molar-refractivity contribution in [3.63, 3.8) is 0 Å². The lowest BCUT2D eigenvalue weighted by molar-refractivity contribution is 0.102. The number of pyridine rings is 1. The van der Waals surface area contributed by atoms with E-state index >= 15 is 0 Å². The zero-order valence-corrected chi connectivity index (χ0v) is 15.1. The van der Waals surface area contributed by atoms with Crippen molar-refractivity contribution in [3.05, 3.63) is 72.2 Å². The Morgan fingerprint density at radius 3 is 2.66 bits per heavy atom. The van der Waals surface area contributed by atoms with Gasteiger partial charge < -0.3 is 19.8 Å². The molecule has 0 spiro atoms. The van der Waals surface area contributed by atoms with Crippen LogP contribution in [0.15, 0.2) is 61.1 Å². The molecule has 0 bridgehead atoms. The number of rotatable bonds is 4. The van der Waals surface area contributed by atoms with Crippen LogP contribution < -0.4 is 14.8 Å². The van der Waals surface area contributed by atoms with Gasteiger partial charge in [0.1, 0.15) is 0 Å². The Labute approximate surface area is 165 Å². The molecule has 4 aromatic rings. The van der Waals surface area contributed by atoms with E-state index in [1.54, 1.807) is 42.9 Å². The molecule has 0 saturated carbocycles. The fourth-order valence-electron chi connectivity index (χ4n) is 3.41. The minimum Gasteiger partial charge on any atom is -0.454 e. The van der Waals surface area contributed by atoms with Crippen molar-refractivity contribution in [1.29, 1.82) is 0 Å². The van der Waals surface area contributed by atoms with Crippen LogP contribution in [0, 0.1) is 0 Å². The first-order chi connectivity index (χ1) is 14.2. The number of carbonyl (C=O) groups excluding carboxylic acids is 2. The van der Waals surface area contributed by atoms with Crippen LogP contribution >= 0.6 is 0 Å². The molecule has 0 radical (unpaired) electrons. The molecule has 1 aliphatic rings. The maximum atomic E-state index is 12.8. The predicted octanol–water partition coefficient (Wildman–Crippen LogP) is 4.02. The number of aldehydes is 1. The lowest BCUT2D eigenvalue weighted by Gasteiger charge is -2.08. The van der Waals surface area contributed by atoms with E-state index in [9.17, 15) is 9.59 Å². The summed E-state index contributed by atoms with van der Waals surface area (Å²) < 4.78 is 10.8. The first kappa shape index (κ1) is 17.0. The molecule has 0 fully saturated rings. The third-order valence-electron chi connectivity index (χ3n) is 4.85. The highest BCUT2D eigenvalue weighted by molar-refractivity contribution is 6.13. The highest BCUT2D eigenvalue weighted by Crippen LogP contribution is 2.39. The van der Waals surface area contributed by atoms with Gasteiger partial charge in [0.05, 0.1) is 5.56 Å². The van der Waals surface area contributed by atoms with Gasteiger partial charge in [0, 0.05) is 40.7 Å². The minimum absolute atomic E-state index is 0.132. The maximum Gasteiger partial charge on any atom is 0.257 e. The maximum absolute atomic E-state index is 12.8. The van der Waals surface area contributed by atoms with Crippen LogP contribution in [0.2, 0.25) is 0 Å². The molecule has 1 amide bonds. The quantitative estimate of drug-likeness (QED) is 0.518. The van der Waals surface area contributed by atoms with Crippen molar-refractivity contribution in [2.24, 2.45) is 0 Å². The van der Waals surface area contributed by atoms with Crippen molar-refractivity contribution in [1.82, 2.24) is 9.97 Å². The number of ether oxygens (including phenoxy) is 2. The fraction of sp³-hybridized carbons (Fsp3) is 0.0455. The van der Waals surface area contributed by atoms with Crippen molar-refractivity contribution >= 4 is 28.8 Å². The van der Waals surface area contributed by atoms with Crippen LogP contribution in [-0.4, -0.2) is 29.0 Å². The summed E-state index contributed by atoms with van der Waals surface area (Å²) in [5.74, 6) is 0.910. The second kappa shape index (κ2) is 6.79. The zero-order valence-electron chi connectivity index (χ0n) is 15.1. The number of nitrogens with zero attached hydrogens (tertiary/aromatic N) is 1. The average molecular weight is 385 g/mol. The van der Waals surface area contributed by atoms with Gasteiger partial charge in [-0.1, -0.05) is 6.07 Å².